The van der Waals surface area contributed by atoms with Crippen LogP contribution in [0, 0.1) is 24.7 Å². The number of benzene rings is 3. The van der Waals surface area contributed by atoms with Crippen molar-refractivity contribution in [2.24, 2.45) is 5.92 Å². The van der Waals surface area contributed by atoms with Gasteiger partial charge in [0, 0.05) is 35.5 Å². The predicted molar refractivity (Wildman–Crippen MR) is 215 cm³/mol. The number of anilines is 1. The number of piperidine rings is 1. The van der Waals surface area contributed by atoms with Crippen LogP contribution < -0.4 is 10.6 Å². The van der Waals surface area contributed by atoms with Gasteiger partial charge in [-0.15, -0.1) is 0 Å². The molecule has 4 aromatic rings. The second-order valence-electron chi connectivity index (χ2n) is 15.9. The summed E-state index contributed by atoms with van der Waals surface area (Å²) in [6.07, 6.45) is 4.41. The second kappa shape index (κ2) is 17.3. The van der Waals surface area contributed by atoms with Gasteiger partial charge in [-0.1, -0.05) is 48.2 Å². The Labute approximate surface area is 333 Å². The summed E-state index contributed by atoms with van der Waals surface area (Å²) >= 11 is 0. The Morgan fingerprint density at radius 3 is 2.49 bits per heavy atom. The van der Waals surface area contributed by atoms with Gasteiger partial charge in [-0.05, 0) is 108 Å². The zero-order chi connectivity index (χ0) is 40.9. The number of hydrogen-bond donors (Lipinski definition) is 2. The lowest BCUT2D eigenvalue weighted by Gasteiger charge is -2.29. The lowest BCUT2D eigenvalue weighted by atomic mass is 9.94. The molecule has 0 spiro atoms. The molecule has 0 bridgehead atoms. The number of halogens is 2. The molecule has 13 heteroatoms. The highest BCUT2D eigenvalue weighted by molar-refractivity contribution is 5.98. The van der Waals surface area contributed by atoms with Crippen LogP contribution in [-0.4, -0.2) is 94.4 Å². The van der Waals surface area contributed by atoms with Crippen LogP contribution in [0.1, 0.15) is 90.9 Å². The molecule has 2 aliphatic rings. The van der Waals surface area contributed by atoms with Crippen molar-refractivity contribution in [3.8, 4) is 11.8 Å². The molecule has 2 fully saturated rings. The van der Waals surface area contributed by atoms with Crippen molar-refractivity contribution in [3.05, 3.63) is 94.8 Å². The van der Waals surface area contributed by atoms with Crippen molar-refractivity contribution in [1.82, 2.24) is 24.9 Å². The van der Waals surface area contributed by atoms with E-state index < -0.39 is 30.2 Å². The Balaban J connectivity index is 1.06. The van der Waals surface area contributed by atoms with Crippen molar-refractivity contribution in [2.45, 2.75) is 84.5 Å². The molecule has 2 amide bonds. The number of aryl methyl sites for hydroxylation is 1. The molecule has 6 rings (SSSR count). The van der Waals surface area contributed by atoms with Gasteiger partial charge in [0.05, 0.1) is 44.0 Å². The number of hydrogen-bond acceptors (Lipinski definition) is 8. The molecular formula is C44H52F2N6O5. The summed E-state index contributed by atoms with van der Waals surface area (Å²) in [7, 11) is 0. The Kier molecular flexibility index (Phi) is 12.5. The maximum atomic E-state index is 15.0. The van der Waals surface area contributed by atoms with Crippen molar-refractivity contribution >= 4 is 34.4 Å². The number of amides is 2. The molecule has 3 heterocycles. The maximum absolute atomic E-state index is 15.0. The number of carbonyl (C=O) groups is 3. The minimum atomic E-state index is -3.20. The average molecular weight is 783 g/mol. The highest BCUT2D eigenvalue weighted by Gasteiger charge is 2.50. The van der Waals surface area contributed by atoms with E-state index in [0.717, 1.165) is 59.3 Å². The summed E-state index contributed by atoms with van der Waals surface area (Å²) in [4.78, 5) is 41.6. The van der Waals surface area contributed by atoms with Crippen LogP contribution in [0.5, 0.6) is 0 Å². The molecule has 0 saturated carbocycles. The highest BCUT2D eigenvalue weighted by atomic mass is 19.3. The minimum Gasteiger partial charge on any atom is -0.462 e. The summed E-state index contributed by atoms with van der Waals surface area (Å²) in [5.41, 5.74) is 2.93. The van der Waals surface area contributed by atoms with Crippen LogP contribution in [0.15, 0.2) is 67.0 Å². The number of esters is 1. The molecule has 2 saturated heterocycles. The SMILES string of the molecule is CCOC(=O)c1cnn(CCN2CCC(C#Cc3ccc([C@@H](C)NC(=O)c4cc(N[C@H]5CN(C(=O)OC(C)(C)C)CC5(F)F)ccc4C)c4ccccc34)CC2)c1. The first-order chi connectivity index (χ1) is 27.1. The van der Waals surface area contributed by atoms with Crippen molar-refractivity contribution in [2.75, 3.05) is 44.6 Å². The van der Waals surface area contributed by atoms with Crippen molar-refractivity contribution in [3.63, 3.8) is 0 Å². The minimum absolute atomic E-state index is 0.239. The third-order valence-electron chi connectivity index (χ3n) is 10.3. The molecular weight excluding hydrogens is 731 g/mol. The predicted octanol–water partition coefficient (Wildman–Crippen LogP) is 7.44. The zero-order valence-electron chi connectivity index (χ0n) is 33.5. The first-order valence-corrected chi connectivity index (χ1v) is 19.6. The smallest absolute Gasteiger partial charge is 0.410 e. The molecule has 1 aromatic heterocycles. The van der Waals surface area contributed by atoms with E-state index >= 15 is 8.78 Å². The molecule has 57 heavy (non-hydrogen) atoms. The Morgan fingerprint density at radius 1 is 1.04 bits per heavy atom. The fourth-order valence-electron chi connectivity index (χ4n) is 7.25. The van der Waals surface area contributed by atoms with E-state index in [4.69, 9.17) is 9.47 Å². The summed E-state index contributed by atoms with van der Waals surface area (Å²) in [5.74, 6) is 3.36. The van der Waals surface area contributed by atoms with E-state index in [2.05, 4.69) is 32.5 Å². The van der Waals surface area contributed by atoms with Gasteiger partial charge in [0.2, 0.25) is 0 Å². The van der Waals surface area contributed by atoms with Crippen molar-refractivity contribution in [1.29, 1.82) is 0 Å². The molecule has 2 aliphatic heterocycles. The lowest BCUT2D eigenvalue weighted by molar-refractivity contribution is -0.00635. The summed E-state index contributed by atoms with van der Waals surface area (Å²) in [6, 6.07) is 15.3. The zero-order valence-corrected chi connectivity index (χ0v) is 33.5. The molecule has 3 aromatic carbocycles. The van der Waals surface area contributed by atoms with Crippen LogP contribution in [-0.2, 0) is 16.0 Å². The van der Waals surface area contributed by atoms with Crippen LogP contribution >= 0.6 is 0 Å². The van der Waals surface area contributed by atoms with E-state index in [1.54, 1.807) is 69.9 Å². The van der Waals surface area contributed by atoms with Crippen LogP contribution in [0.2, 0.25) is 0 Å². The summed E-state index contributed by atoms with van der Waals surface area (Å²) < 4.78 is 42.2. The first-order valence-electron chi connectivity index (χ1n) is 19.6. The lowest BCUT2D eigenvalue weighted by Crippen LogP contribution is -2.38. The number of fused-ring (bicyclic) bond motifs is 1. The molecule has 0 unspecified atom stereocenters. The third-order valence-corrected chi connectivity index (χ3v) is 10.3. The van der Waals surface area contributed by atoms with Gasteiger partial charge in [0.15, 0.2) is 0 Å². The maximum Gasteiger partial charge on any atom is 0.410 e. The van der Waals surface area contributed by atoms with Gasteiger partial charge >= 0.3 is 12.1 Å². The largest absolute Gasteiger partial charge is 0.462 e. The van der Waals surface area contributed by atoms with E-state index in [9.17, 15) is 14.4 Å². The molecule has 302 valence electrons. The molecule has 2 atom stereocenters. The van der Waals surface area contributed by atoms with E-state index in [1.807, 2.05) is 43.3 Å². The van der Waals surface area contributed by atoms with E-state index in [-0.39, 0.29) is 30.4 Å². The fraction of sp³-hybridized carbons (Fsp3) is 0.455. The molecule has 0 aliphatic carbocycles. The number of ether oxygens (including phenoxy) is 2. The number of aromatic nitrogens is 2. The first kappa shape index (κ1) is 41.2. The van der Waals surface area contributed by atoms with Crippen LogP contribution in [0.3, 0.4) is 0 Å². The van der Waals surface area contributed by atoms with Crippen LogP contribution in [0.4, 0.5) is 19.3 Å². The number of likely N-dealkylation sites (tertiary alicyclic amines) is 2. The normalized spacial score (nSPS) is 17.8. The van der Waals surface area contributed by atoms with Gasteiger partial charge in [-0.25, -0.2) is 18.4 Å². The molecule has 0 radical (unpaired) electrons. The third kappa shape index (κ3) is 10.3. The second-order valence-corrected chi connectivity index (χ2v) is 15.9. The monoisotopic (exact) mass is 782 g/mol. The number of rotatable bonds is 10. The number of nitrogens with one attached hydrogen (secondary N) is 2. The topological polar surface area (TPSA) is 118 Å². The van der Waals surface area contributed by atoms with Gasteiger partial charge in [-0.2, -0.15) is 5.10 Å². The molecule has 11 nitrogen and oxygen atoms in total. The Bertz CT molecular complexity index is 2160. The average Bonchev–Trinajstić information content (AvgIpc) is 3.77. The highest BCUT2D eigenvalue weighted by Crippen LogP contribution is 2.32. The van der Waals surface area contributed by atoms with Gasteiger partial charge in [0.25, 0.3) is 11.8 Å². The molecule has 2 N–H and O–H groups in total. The van der Waals surface area contributed by atoms with E-state index in [1.165, 1.54) is 0 Å². The standard InChI is InChI=1S/C44H52F2N6O5/c1-7-56-41(54)33-25-47-52(26-33)23-22-50-20-18-31(19-21-50)13-14-32-15-17-35(37-11-9-8-10-36(32)37)30(3)48-40(53)38-24-34(16-12-29(38)2)49-39-27-51(28-44(39,45)46)42(55)57-43(4,5)6/h8-12,15-17,24-26,30-31,39,49H,7,18-23,27-28H2,1-6H3,(H,48,53)/t30-,39+/m1/s1. The van der Waals surface area contributed by atoms with Gasteiger partial charge in [0.1, 0.15) is 11.6 Å². The number of carbonyl (C=O) groups excluding carboxylic acids is 3. The van der Waals surface area contributed by atoms with Gasteiger partial charge < -0.3 is 25.0 Å². The van der Waals surface area contributed by atoms with E-state index in [0.29, 0.717) is 35.5 Å². The summed E-state index contributed by atoms with van der Waals surface area (Å²) in [6.45, 7) is 13.3. The number of alkyl halides is 2. The Morgan fingerprint density at radius 2 is 1.77 bits per heavy atom. The quantitative estimate of drug-likeness (QED) is 0.126. The Hall–Kier alpha value is -5.48. The van der Waals surface area contributed by atoms with Crippen LogP contribution in [0.25, 0.3) is 10.8 Å². The van der Waals surface area contributed by atoms with Gasteiger partial charge in [-0.3, -0.25) is 14.4 Å². The van der Waals surface area contributed by atoms with Crippen molar-refractivity contribution < 1.29 is 32.6 Å². The fourth-order valence-corrected chi connectivity index (χ4v) is 7.25. The number of nitrogens with zero attached hydrogens (tertiary/aromatic N) is 4. The summed E-state index contributed by atoms with van der Waals surface area (Å²) in [5, 5.41) is 12.3.